The second kappa shape index (κ2) is 11.7. The van der Waals surface area contributed by atoms with E-state index >= 15 is 0 Å². The van der Waals surface area contributed by atoms with Gasteiger partial charge in [0.15, 0.2) is 0 Å². The van der Waals surface area contributed by atoms with Crippen molar-refractivity contribution in [2.45, 2.75) is 31.4 Å². The molecule has 222 valence electrons. The molecule has 1 atom stereocenters. The molecular formula is C30H23F6N5O2. The Balaban J connectivity index is 1.62. The second-order valence-electron chi connectivity index (χ2n) is 9.85. The molecule has 2 N–H and O–H groups in total. The first-order valence-corrected chi connectivity index (χ1v) is 12.9. The van der Waals surface area contributed by atoms with Gasteiger partial charge in [0.25, 0.3) is 5.56 Å². The van der Waals surface area contributed by atoms with Crippen LogP contribution in [-0.4, -0.2) is 38.0 Å². The molecule has 0 radical (unpaired) electrons. The molecule has 0 spiro atoms. The van der Waals surface area contributed by atoms with Crippen LogP contribution in [-0.2, 0) is 18.3 Å². The van der Waals surface area contributed by atoms with Crippen molar-refractivity contribution in [3.05, 3.63) is 100 Å². The number of rotatable bonds is 8. The van der Waals surface area contributed by atoms with E-state index in [-0.39, 0.29) is 39.1 Å². The average molecular weight is 600 g/mol. The minimum atomic E-state index is -4.56. The first-order valence-electron chi connectivity index (χ1n) is 12.9. The van der Waals surface area contributed by atoms with Crippen LogP contribution in [0.4, 0.5) is 32.2 Å². The average Bonchev–Trinajstić information content (AvgIpc) is 3.36. The Hall–Kier alpha value is -4.94. The number of amides is 1. The molecule has 4 aromatic heterocycles. The molecule has 13 heteroatoms. The fourth-order valence-corrected chi connectivity index (χ4v) is 4.96. The van der Waals surface area contributed by atoms with Crippen molar-refractivity contribution in [2.24, 2.45) is 7.05 Å². The Bertz CT molecular complexity index is 1830. The van der Waals surface area contributed by atoms with E-state index in [1.54, 1.807) is 18.2 Å². The Morgan fingerprint density at radius 1 is 1.05 bits per heavy atom. The molecule has 5 rings (SSSR count). The normalized spacial score (nSPS) is 12.6. The summed E-state index contributed by atoms with van der Waals surface area (Å²) in [5.74, 6) is -2.78. The Labute approximate surface area is 240 Å². The van der Waals surface area contributed by atoms with Gasteiger partial charge >= 0.3 is 6.18 Å². The van der Waals surface area contributed by atoms with Crippen molar-refractivity contribution < 1.29 is 31.1 Å². The number of fused-ring (bicyclic) bond motifs is 1. The van der Waals surface area contributed by atoms with Gasteiger partial charge in [-0.1, -0.05) is 18.2 Å². The molecule has 7 nitrogen and oxygen atoms in total. The number of carbonyl (C=O) groups is 1. The second-order valence-corrected chi connectivity index (χ2v) is 9.85. The van der Waals surface area contributed by atoms with E-state index < -0.39 is 48.6 Å². The van der Waals surface area contributed by atoms with Gasteiger partial charge in [0.05, 0.1) is 34.6 Å². The molecule has 0 aliphatic heterocycles. The number of halogens is 6. The standard InChI is InChI=1S/C30H23F6N5O2/c1-41-15-18(14-30(34,35)36)27-25(29(41)43)24(21-4-2-3-10-37-21)26(40-27)17-9-11-38-23(12-17)39-28(42)20(13-22(32)33)16-5-7-19(31)8-6-16/h2-12,15,20,22,40H,13-14H2,1H3,(H,38,39,42). The van der Waals surface area contributed by atoms with Crippen molar-refractivity contribution in [3.8, 4) is 22.5 Å². The predicted octanol–water partition coefficient (Wildman–Crippen LogP) is 6.61. The lowest BCUT2D eigenvalue weighted by atomic mass is 9.95. The number of anilines is 1. The summed E-state index contributed by atoms with van der Waals surface area (Å²) in [5.41, 5.74) is 0.551. The smallest absolute Gasteiger partial charge is 0.354 e. The topological polar surface area (TPSA) is 92.7 Å². The number of nitrogens with one attached hydrogen (secondary N) is 2. The van der Waals surface area contributed by atoms with Gasteiger partial charge in [-0.2, -0.15) is 13.2 Å². The third-order valence-corrected chi connectivity index (χ3v) is 6.82. The number of aromatic amines is 1. The molecule has 43 heavy (non-hydrogen) atoms. The predicted molar refractivity (Wildman–Crippen MR) is 148 cm³/mol. The highest BCUT2D eigenvalue weighted by Gasteiger charge is 2.31. The maximum atomic E-state index is 13.5. The van der Waals surface area contributed by atoms with Crippen LogP contribution in [0.5, 0.6) is 0 Å². The fourth-order valence-electron chi connectivity index (χ4n) is 4.96. The summed E-state index contributed by atoms with van der Waals surface area (Å²) in [7, 11) is 1.35. The molecule has 0 saturated heterocycles. The van der Waals surface area contributed by atoms with Gasteiger partial charge < -0.3 is 14.9 Å². The van der Waals surface area contributed by atoms with Gasteiger partial charge in [-0.3, -0.25) is 14.6 Å². The van der Waals surface area contributed by atoms with Crippen LogP contribution < -0.4 is 10.9 Å². The molecular weight excluding hydrogens is 576 g/mol. The zero-order valence-corrected chi connectivity index (χ0v) is 22.4. The van der Waals surface area contributed by atoms with E-state index in [2.05, 4.69) is 20.3 Å². The molecule has 4 heterocycles. The number of benzene rings is 1. The number of nitrogens with zero attached hydrogens (tertiary/aromatic N) is 3. The quantitative estimate of drug-likeness (QED) is 0.196. The van der Waals surface area contributed by atoms with Crippen LogP contribution in [0.15, 0.2) is 78.0 Å². The lowest BCUT2D eigenvalue weighted by molar-refractivity contribution is -0.127. The summed E-state index contributed by atoms with van der Waals surface area (Å²) in [6.45, 7) is 0. The monoisotopic (exact) mass is 599 g/mol. The Morgan fingerprint density at radius 3 is 2.44 bits per heavy atom. The molecule has 1 aromatic carbocycles. The van der Waals surface area contributed by atoms with Crippen LogP contribution in [0.1, 0.15) is 23.5 Å². The van der Waals surface area contributed by atoms with E-state index in [9.17, 15) is 35.9 Å². The van der Waals surface area contributed by atoms with E-state index in [1.165, 1.54) is 43.7 Å². The molecule has 0 saturated carbocycles. The highest BCUT2D eigenvalue weighted by Crippen LogP contribution is 2.38. The maximum Gasteiger partial charge on any atom is 0.393 e. The lowest BCUT2D eigenvalue weighted by Crippen LogP contribution is -2.23. The van der Waals surface area contributed by atoms with Gasteiger partial charge in [-0.15, -0.1) is 0 Å². The number of hydrogen-bond donors (Lipinski definition) is 2. The maximum absolute atomic E-state index is 13.5. The van der Waals surface area contributed by atoms with Crippen molar-refractivity contribution in [1.29, 1.82) is 0 Å². The van der Waals surface area contributed by atoms with E-state index in [0.717, 1.165) is 22.9 Å². The SMILES string of the molecule is Cn1cc(CC(F)(F)F)c2[nH]c(-c3ccnc(NC(=O)C(CC(F)F)c4ccc(F)cc4)c3)c(-c3ccccn3)c2c1=O. The van der Waals surface area contributed by atoms with E-state index in [0.29, 0.717) is 11.3 Å². The first kappa shape index (κ1) is 29.5. The van der Waals surface area contributed by atoms with Crippen molar-refractivity contribution >= 4 is 22.6 Å². The van der Waals surface area contributed by atoms with Crippen molar-refractivity contribution in [3.63, 3.8) is 0 Å². The van der Waals surface area contributed by atoms with E-state index in [4.69, 9.17) is 0 Å². The number of alkyl halides is 5. The number of H-pyrrole nitrogens is 1. The Morgan fingerprint density at radius 2 is 1.79 bits per heavy atom. The van der Waals surface area contributed by atoms with Gasteiger partial charge in [0, 0.05) is 48.7 Å². The highest BCUT2D eigenvalue weighted by molar-refractivity contribution is 6.04. The molecule has 0 bridgehead atoms. The van der Waals surface area contributed by atoms with Gasteiger partial charge in [0.2, 0.25) is 12.3 Å². The van der Waals surface area contributed by atoms with Gasteiger partial charge in [-0.25, -0.2) is 18.2 Å². The van der Waals surface area contributed by atoms with Crippen molar-refractivity contribution in [1.82, 2.24) is 19.5 Å². The summed E-state index contributed by atoms with van der Waals surface area (Å²) >= 11 is 0. The summed E-state index contributed by atoms with van der Waals surface area (Å²) in [6, 6.07) is 12.4. The summed E-state index contributed by atoms with van der Waals surface area (Å²) in [5, 5.41) is 2.50. The first-order chi connectivity index (χ1) is 20.4. The van der Waals surface area contributed by atoms with Gasteiger partial charge in [-0.05, 0) is 42.0 Å². The Kier molecular flexibility index (Phi) is 8.07. The minimum absolute atomic E-state index is 0.00587. The third kappa shape index (κ3) is 6.45. The van der Waals surface area contributed by atoms with Crippen LogP contribution in [0.2, 0.25) is 0 Å². The largest absolute Gasteiger partial charge is 0.393 e. The summed E-state index contributed by atoms with van der Waals surface area (Å²) in [4.78, 5) is 37.8. The highest BCUT2D eigenvalue weighted by atomic mass is 19.4. The van der Waals surface area contributed by atoms with Crippen LogP contribution in [0, 0.1) is 5.82 Å². The zero-order chi connectivity index (χ0) is 30.9. The number of carbonyl (C=O) groups excluding carboxylic acids is 1. The molecule has 1 unspecified atom stereocenters. The number of pyridine rings is 3. The third-order valence-electron chi connectivity index (χ3n) is 6.82. The van der Waals surface area contributed by atoms with Crippen LogP contribution >= 0.6 is 0 Å². The molecule has 0 aliphatic carbocycles. The van der Waals surface area contributed by atoms with Crippen LogP contribution in [0.25, 0.3) is 33.4 Å². The molecule has 0 aliphatic rings. The van der Waals surface area contributed by atoms with Crippen LogP contribution in [0.3, 0.4) is 0 Å². The molecule has 0 fully saturated rings. The zero-order valence-electron chi connectivity index (χ0n) is 22.4. The van der Waals surface area contributed by atoms with Gasteiger partial charge in [0.1, 0.15) is 11.6 Å². The summed E-state index contributed by atoms with van der Waals surface area (Å²) in [6.07, 6.45) is -5.61. The molecule has 5 aromatic rings. The number of aromatic nitrogens is 4. The van der Waals surface area contributed by atoms with E-state index in [1.807, 2.05) is 0 Å². The number of aryl methyl sites for hydroxylation is 1. The fraction of sp³-hybridized carbons (Fsp3) is 0.200. The number of hydrogen-bond acceptors (Lipinski definition) is 4. The summed E-state index contributed by atoms with van der Waals surface area (Å²) < 4.78 is 81.7. The molecule has 1 amide bonds. The minimum Gasteiger partial charge on any atom is -0.354 e. The lowest BCUT2D eigenvalue weighted by Gasteiger charge is -2.17. The van der Waals surface area contributed by atoms with Crippen molar-refractivity contribution in [2.75, 3.05) is 5.32 Å².